The predicted molar refractivity (Wildman–Crippen MR) is 54.2 cm³/mol. The van der Waals surface area contributed by atoms with E-state index >= 15 is 0 Å². The molecule has 0 saturated heterocycles. The van der Waals surface area contributed by atoms with Gasteiger partial charge in [0.25, 0.3) is 0 Å². The third-order valence-corrected chi connectivity index (χ3v) is 1.91. The first kappa shape index (κ1) is 11.7. The molecule has 2 unspecified atom stereocenters. The van der Waals surface area contributed by atoms with Crippen LogP contribution in [0.1, 0.15) is 25.2 Å². The molecular weight excluding hydrogens is 196 g/mol. The first-order valence-corrected chi connectivity index (χ1v) is 4.70. The van der Waals surface area contributed by atoms with Crippen molar-refractivity contribution in [1.29, 1.82) is 0 Å². The number of aliphatic hydroxyl groups is 1. The molecule has 0 bridgehead atoms. The van der Waals surface area contributed by atoms with Gasteiger partial charge in [0.15, 0.2) is 6.29 Å². The Kier molecular flexibility index (Phi) is 4.27. The van der Waals surface area contributed by atoms with Gasteiger partial charge in [0.1, 0.15) is 0 Å². The zero-order valence-corrected chi connectivity index (χ0v) is 8.46. The third-order valence-electron chi connectivity index (χ3n) is 1.91. The molecule has 0 heterocycles. The van der Waals surface area contributed by atoms with Gasteiger partial charge in [-0.25, -0.2) is 0 Å². The van der Waals surface area contributed by atoms with Crippen LogP contribution >= 0.6 is 0 Å². The number of aliphatic hydroxyl groups excluding tert-OH is 1. The Bertz CT molecular complexity index is 310. The van der Waals surface area contributed by atoms with E-state index in [4.69, 9.17) is 9.84 Å². The highest BCUT2D eigenvalue weighted by Gasteiger charge is 2.14. The summed E-state index contributed by atoms with van der Waals surface area (Å²) in [6, 6.07) is 8.83. The minimum Gasteiger partial charge on any atom is -0.481 e. The molecule has 1 aromatic carbocycles. The van der Waals surface area contributed by atoms with Crippen molar-refractivity contribution in [3.8, 4) is 0 Å². The zero-order valence-electron chi connectivity index (χ0n) is 8.46. The molecular formula is C11H14O4. The maximum atomic E-state index is 10.4. The van der Waals surface area contributed by atoms with Crippen LogP contribution in [0.3, 0.4) is 0 Å². The average Bonchev–Trinajstić information content (AvgIpc) is 2.17. The molecule has 0 aliphatic heterocycles. The first-order chi connectivity index (χ1) is 7.09. The summed E-state index contributed by atoms with van der Waals surface area (Å²) in [4.78, 5) is 10.4. The molecule has 0 aliphatic rings. The molecule has 0 radical (unpaired) electrons. The van der Waals surface area contributed by atoms with Gasteiger partial charge in [-0.3, -0.25) is 4.79 Å². The van der Waals surface area contributed by atoms with E-state index in [1.165, 1.54) is 0 Å². The SMILES string of the molecule is CC(CC(=O)O)OC(O)c1ccccc1. The highest BCUT2D eigenvalue weighted by atomic mass is 16.6. The zero-order chi connectivity index (χ0) is 11.3. The topological polar surface area (TPSA) is 66.8 Å². The Labute approximate surface area is 88.1 Å². The van der Waals surface area contributed by atoms with Gasteiger partial charge in [-0.1, -0.05) is 30.3 Å². The van der Waals surface area contributed by atoms with E-state index in [1.54, 1.807) is 31.2 Å². The van der Waals surface area contributed by atoms with Crippen LogP contribution in [0, 0.1) is 0 Å². The molecule has 2 N–H and O–H groups in total. The van der Waals surface area contributed by atoms with E-state index in [1.807, 2.05) is 6.07 Å². The second-order valence-electron chi connectivity index (χ2n) is 3.31. The predicted octanol–water partition coefficient (Wildman–Crippen LogP) is 1.56. The molecule has 1 rings (SSSR count). The largest absolute Gasteiger partial charge is 0.481 e. The van der Waals surface area contributed by atoms with E-state index < -0.39 is 18.4 Å². The number of ether oxygens (including phenoxy) is 1. The fourth-order valence-electron chi connectivity index (χ4n) is 1.21. The highest BCUT2D eigenvalue weighted by molar-refractivity contribution is 5.67. The van der Waals surface area contributed by atoms with Crippen LogP contribution in [0.2, 0.25) is 0 Å². The first-order valence-electron chi connectivity index (χ1n) is 4.70. The lowest BCUT2D eigenvalue weighted by atomic mass is 10.2. The number of hydrogen-bond acceptors (Lipinski definition) is 3. The number of hydrogen-bond donors (Lipinski definition) is 2. The average molecular weight is 210 g/mol. The lowest BCUT2D eigenvalue weighted by Gasteiger charge is -2.16. The molecule has 4 nitrogen and oxygen atoms in total. The molecule has 4 heteroatoms. The van der Waals surface area contributed by atoms with E-state index in [0.29, 0.717) is 5.56 Å². The molecule has 82 valence electrons. The van der Waals surface area contributed by atoms with Crippen LogP contribution in [0.5, 0.6) is 0 Å². The number of aliphatic carboxylic acids is 1. The third kappa shape index (κ3) is 4.10. The second kappa shape index (κ2) is 5.48. The Balaban J connectivity index is 2.49. The number of rotatable bonds is 5. The Hall–Kier alpha value is -1.39. The van der Waals surface area contributed by atoms with Gasteiger partial charge in [-0.15, -0.1) is 0 Å². The van der Waals surface area contributed by atoms with Crippen molar-refractivity contribution >= 4 is 5.97 Å². The number of carboxylic acid groups (broad SMARTS) is 1. The van der Waals surface area contributed by atoms with Crippen LogP contribution in [-0.2, 0) is 9.53 Å². The standard InChI is InChI=1S/C11H14O4/c1-8(7-10(12)13)15-11(14)9-5-3-2-4-6-9/h2-6,8,11,14H,7H2,1H3,(H,12,13). The lowest BCUT2D eigenvalue weighted by Crippen LogP contribution is -2.17. The number of carbonyl (C=O) groups is 1. The fraction of sp³-hybridized carbons (Fsp3) is 0.364. The fourth-order valence-corrected chi connectivity index (χ4v) is 1.21. The van der Waals surface area contributed by atoms with Crippen molar-refractivity contribution in [3.63, 3.8) is 0 Å². The monoisotopic (exact) mass is 210 g/mol. The van der Waals surface area contributed by atoms with Crippen molar-refractivity contribution in [2.45, 2.75) is 25.7 Å². The van der Waals surface area contributed by atoms with Gasteiger partial charge in [-0.2, -0.15) is 0 Å². The molecule has 15 heavy (non-hydrogen) atoms. The lowest BCUT2D eigenvalue weighted by molar-refractivity contribution is -0.154. The summed E-state index contributed by atoms with van der Waals surface area (Å²) in [5, 5.41) is 18.1. The molecule has 0 aliphatic carbocycles. The summed E-state index contributed by atoms with van der Waals surface area (Å²) >= 11 is 0. The molecule has 0 fully saturated rings. The summed E-state index contributed by atoms with van der Waals surface area (Å²) in [5.74, 6) is -0.942. The quantitative estimate of drug-likeness (QED) is 0.724. The van der Waals surface area contributed by atoms with Crippen molar-refractivity contribution in [2.75, 3.05) is 0 Å². The number of benzene rings is 1. The minimum atomic E-state index is -1.07. The van der Waals surface area contributed by atoms with Gasteiger partial charge in [0, 0.05) is 5.56 Å². The molecule has 1 aromatic rings. The van der Waals surface area contributed by atoms with Crippen molar-refractivity contribution in [2.24, 2.45) is 0 Å². The van der Waals surface area contributed by atoms with E-state index in [-0.39, 0.29) is 6.42 Å². The molecule has 0 amide bonds. The maximum absolute atomic E-state index is 10.4. The Morgan fingerprint density at radius 2 is 2.00 bits per heavy atom. The number of carboxylic acids is 1. The van der Waals surface area contributed by atoms with Gasteiger partial charge >= 0.3 is 5.97 Å². The normalized spacial score (nSPS) is 14.5. The van der Waals surface area contributed by atoms with Crippen LogP contribution in [0.15, 0.2) is 30.3 Å². The highest BCUT2D eigenvalue weighted by Crippen LogP contribution is 2.16. The summed E-state index contributed by atoms with van der Waals surface area (Å²) in [5.41, 5.74) is 0.620. The Morgan fingerprint density at radius 1 is 1.40 bits per heavy atom. The smallest absolute Gasteiger partial charge is 0.305 e. The van der Waals surface area contributed by atoms with Crippen LogP contribution < -0.4 is 0 Å². The molecule has 0 spiro atoms. The summed E-state index contributed by atoms with van der Waals surface area (Å²) in [6.07, 6.45) is -1.71. The van der Waals surface area contributed by atoms with Gasteiger partial charge in [0.05, 0.1) is 12.5 Å². The van der Waals surface area contributed by atoms with Crippen molar-refractivity contribution in [3.05, 3.63) is 35.9 Å². The van der Waals surface area contributed by atoms with E-state index in [9.17, 15) is 9.90 Å². The van der Waals surface area contributed by atoms with Gasteiger partial charge in [0.2, 0.25) is 0 Å². The van der Waals surface area contributed by atoms with Gasteiger partial charge < -0.3 is 14.9 Å². The maximum Gasteiger partial charge on any atom is 0.305 e. The van der Waals surface area contributed by atoms with Gasteiger partial charge in [-0.05, 0) is 6.92 Å². The molecule has 0 aromatic heterocycles. The summed E-state index contributed by atoms with van der Waals surface area (Å²) in [6.45, 7) is 1.61. The van der Waals surface area contributed by atoms with E-state index in [2.05, 4.69) is 0 Å². The summed E-state index contributed by atoms with van der Waals surface area (Å²) in [7, 11) is 0. The van der Waals surface area contributed by atoms with Crippen LogP contribution in [-0.4, -0.2) is 22.3 Å². The van der Waals surface area contributed by atoms with Crippen LogP contribution in [0.25, 0.3) is 0 Å². The van der Waals surface area contributed by atoms with E-state index in [0.717, 1.165) is 0 Å². The minimum absolute atomic E-state index is 0.121. The summed E-state index contributed by atoms with van der Waals surface area (Å²) < 4.78 is 5.12. The molecule has 2 atom stereocenters. The Morgan fingerprint density at radius 3 is 2.53 bits per heavy atom. The molecule has 0 saturated carbocycles. The second-order valence-corrected chi connectivity index (χ2v) is 3.31. The van der Waals surface area contributed by atoms with Crippen LogP contribution in [0.4, 0.5) is 0 Å². The van der Waals surface area contributed by atoms with Crippen molar-refractivity contribution in [1.82, 2.24) is 0 Å². The van der Waals surface area contributed by atoms with Crippen molar-refractivity contribution < 1.29 is 19.7 Å².